The molecular weight excluding hydrogens is 211 g/mol. The summed E-state index contributed by atoms with van der Waals surface area (Å²) in [5.74, 6) is 0. The van der Waals surface area contributed by atoms with E-state index in [1.165, 1.54) is 5.46 Å². The van der Waals surface area contributed by atoms with Gasteiger partial charge in [0, 0.05) is 18.4 Å². The molecule has 1 heterocycles. The lowest BCUT2D eigenvalue weighted by Gasteiger charge is -2.23. The van der Waals surface area contributed by atoms with Crippen molar-refractivity contribution in [2.75, 3.05) is 18.6 Å². The zero-order valence-electron chi connectivity index (χ0n) is 10.4. The minimum atomic E-state index is -0.0342. The fraction of sp³-hybridized carbons (Fsp3) is 0.333. The highest BCUT2D eigenvalue weighted by molar-refractivity contribution is 6.77. The fourth-order valence-corrected chi connectivity index (χ4v) is 2.35. The van der Waals surface area contributed by atoms with E-state index < -0.39 is 0 Å². The minimum absolute atomic E-state index is 0.0342. The molecule has 17 heavy (non-hydrogen) atoms. The van der Waals surface area contributed by atoms with Crippen molar-refractivity contribution in [3.05, 3.63) is 30.3 Å². The summed E-state index contributed by atoms with van der Waals surface area (Å²) < 4.78 is 0. The third-order valence-corrected chi connectivity index (χ3v) is 3.55. The first kappa shape index (κ1) is 12.0. The fourth-order valence-electron chi connectivity index (χ4n) is 2.35. The molecule has 0 radical (unpaired) electrons. The van der Waals surface area contributed by atoms with Gasteiger partial charge in [-0.3, -0.25) is 0 Å². The number of nitrogens with zero attached hydrogens (tertiary/aromatic N) is 1. The predicted octanol–water partition coefficient (Wildman–Crippen LogP) is -0.231. The van der Waals surface area contributed by atoms with E-state index in [2.05, 4.69) is 30.9 Å². The molecule has 5 heteroatoms. The number of hydrogen-bond donors (Lipinski definition) is 3. The number of nitrogens with two attached hydrogens (primary N) is 2. The van der Waals surface area contributed by atoms with Gasteiger partial charge in [-0.25, -0.2) is 0 Å². The first-order valence-electron chi connectivity index (χ1n) is 5.83. The van der Waals surface area contributed by atoms with E-state index in [0.29, 0.717) is 6.67 Å². The molecule has 2 rings (SSSR count). The Bertz CT molecular complexity index is 446. The van der Waals surface area contributed by atoms with Crippen molar-refractivity contribution in [1.82, 2.24) is 5.32 Å². The normalized spacial score (nSPS) is 18.2. The van der Waals surface area contributed by atoms with Gasteiger partial charge in [0.25, 0.3) is 0 Å². The zero-order chi connectivity index (χ0) is 12.6. The molecule has 5 N–H and O–H groups in total. The molecule has 0 spiro atoms. The number of benzene rings is 1. The Hall–Kier alpha value is -1.46. The summed E-state index contributed by atoms with van der Waals surface area (Å²) in [5, 5.41) is 3.06. The third kappa shape index (κ3) is 1.81. The molecule has 1 unspecified atom stereocenters. The highest BCUT2D eigenvalue weighted by Crippen LogP contribution is 2.23. The second-order valence-corrected chi connectivity index (χ2v) is 4.43. The maximum Gasteiger partial charge on any atom is 0.219 e. The second-order valence-electron chi connectivity index (χ2n) is 4.43. The molecule has 0 aliphatic carbocycles. The Labute approximate surface area is 103 Å². The second kappa shape index (κ2) is 4.43. The molecule has 1 aromatic rings. The first-order chi connectivity index (χ1) is 8.10. The van der Waals surface area contributed by atoms with Gasteiger partial charge < -0.3 is 21.7 Å². The lowest BCUT2D eigenvalue weighted by Crippen LogP contribution is -2.50. The zero-order valence-corrected chi connectivity index (χ0v) is 10.4. The van der Waals surface area contributed by atoms with Crippen LogP contribution in [0.2, 0.25) is 6.82 Å². The molecule has 1 aliphatic heterocycles. The van der Waals surface area contributed by atoms with Crippen molar-refractivity contribution in [1.29, 1.82) is 0 Å². The van der Waals surface area contributed by atoms with Crippen LogP contribution in [0, 0.1) is 0 Å². The van der Waals surface area contributed by atoms with Crippen LogP contribution in [0.4, 0.5) is 5.69 Å². The average Bonchev–Trinajstić information content (AvgIpc) is 2.60. The first-order valence-corrected chi connectivity index (χ1v) is 5.83. The maximum atomic E-state index is 6.15. The highest BCUT2D eigenvalue weighted by atomic mass is 15.3. The van der Waals surface area contributed by atoms with E-state index in [0.717, 1.165) is 16.9 Å². The summed E-state index contributed by atoms with van der Waals surface area (Å²) in [6, 6.07) is 6.23. The van der Waals surface area contributed by atoms with Crippen molar-refractivity contribution in [2.45, 2.75) is 12.9 Å². The van der Waals surface area contributed by atoms with Crippen LogP contribution < -0.4 is 27.1 Å². The molecule has 0 fully saturated rings. The quantitative estimate of drug-likeness (QED) is 0.627. The molecule has 0 bridgehead atoms. The Morgan fingerprint density at radius 1 is 1.59 bits per heavy atom. The van der Waals surface area contributed by atoms with Crippen LogP contribution in [0.25, 0.3) is 5.70 Å². The topological polar surface area (TPSA) is 67.3 Å². The molecule has 1 atom stereocenters. The predicted molar refractivity (Wildman–Crippen MR) is 75.3 cm³/mol. The van der Waals surface area contributed by atoms with Crippen molar-refractivity contribution >= 4 is 23.6 Å². The molecule has 1 aromatic carbocycles. The van der Waals surface area contributed by atoms with Crippen molar-refractivity contribution in [2.24, 2.45) is 11.5 Å². The number of fused-ring (bicyclic) bond motifs is 1. The highest BCUT2D eigenvalue weighted by Gasteiger charge is 2.35. The molecule has 1 aliphatic rings. The standard InChI is InChI=1S/C12H19BN4/c1-8(16-3)9-4-5-11-10(6-9)13(2)12(15)17(11)7-14/h4-6,12,16H,1,7,14-15H2,2-3H3. The number of anilines is 1. The van der Waals surface area contributed by atoms with Crippen LogP contribution in [0.5, 0.6) is 0 Å². The molecular formula is C12H19BN4. The smallest absolute Gasteiger partial charge is 0.219 e. The van der Waals surface area contributed by atoms with Crippen LogP contribution >= 0.6 is 0 Å². The van der Waals surface area contributed by atoms with Crippen LogP contribution in [0.3, 0.4) is 0 Å². The van der Waals surface area contributed by atoms with Crippen LogP contribution in [0.1, 0.15) is 5.56 Å². The summed E-state index contributed by atoms with van der Waals surface area (Å²) in [6.45, 7) is 6.84. The van der Waals surface area contributed by atoms with Gasteiger partial charge in [0.05, 0.1) is 12.7 Å². The van der Waals surface area contributed by atoms with E-state index in [9.17, 15) is 0 Å². The van der Waals surface area contributed by atoms with E-state index in [4.69, 9.17) is 11.5 Å². The molecule has 0 aromatic heterocycles. The maximum absolute atomic E-state index is 6.15. The van der Waals surface area contributed by atoms with Crippen molar-refractivity contribution in [3.63, 3.8) is 0 Å². The molecule has 0 saturated carbocycles. The Morgan fingerprint density at radius 3 is 2.88 bits per heavy atom. The van der Waals surface area contributed by atoms with Gasteiger partial charge in [-0.2, -0.15) is 0 Å². The summed E-state index contributed by atoms with van der Waals surface area (Å²) in [5.41, 5.74) is 16.3. The molecule has 4 nitrogen and oxygen atoms in total. The van der Waals surface area contributed by atoms with Crippen molar-refractivity contribution in [3.8, 4) is 0 Å². The van der Waals surface area contributed by atoms with E-state index in [-0.39, 0.29) is 12.8 Å². The summed E-state index contributed by atoms with van der Waals surface area (Å²) in [4.78, 5) is 2.03. The number of hydrogen-bond acceptors (Lipinski definition) is 4. The summed E-state index contributed by atoms with van der Waals surface area (Å²) >= 11 is 0. The SMILES string of the molecule is C=C(NC)c1ccc2c(c1)B(C)C(N)N2CN. The van der Waals surface area contributed by atoms with Crippen LogP contribution in [-0.4, -0.2) is 26.5 Å². The van der Waals surface area contributed by atoms with Gasteiger partial charge in [0.15, 0.2) is 0 Å². The van der Waals surface area contributed by atoms with Crippen LogP contribution in [0.15, 0.2) is 24.8 Å². The molecule has 0 saturated heterocycles. The van der Waals surface area contributed by atoms with Gasteiger partial charge in [-0.05, 0) is 11.6 Å². The van der Waals surface area contributed by atoms with E-state index in [1.54, 1.807) is 0 Å². The number of rotatable bonds is 3. The van der Waals surface area contributed by atoms with Crippen molar-refractivity contribution < 1.29 is 0 Å². The summed E-state index contributed by atoms with van der Waals surface area (Å²) in [6.07, 6.45) is 0. The molecule has 90 valence electrons. The third-order valence-electron chi connectivity index (χ3n) is 3.55. The monoisotopic (exact) mass is 230 g/mol. The average molecular weight is 230 g/mol. The Kier molecular flexibility index (Phi) is 3.13. The van der Waals surface area contributed by atoms with Gasteiger partial charge >= 0.3 is 0 Å². The largest absolute Gasteiger partial charge is 0.388 e. The van der Waals surface area contributed by atoms with E-state index >= 15 is 0 Å². The Balaban J connectivity index is 2.44. The Morgan fingerprint density at radius 2 is 2.29 bits per heavy atom. The van der Waals surface area contributed by atoms with E-state index in [1.807, 2.05) is 18.0 Å². The van der Waals surface area contributed by atoms with Crippen LogP contribution in [-0.2, 0) is 0 Å². The summed E-state index contributed by atoms with van der Waals surface area (Å²) in [7, 11) is 1.87. The van der Waals surface area contributed by atoms with Gasteiger partial charge in [0.1, 0.15) is 0 Å². The lowest BCUT2D eigenvalue weighted by atomic mass is 9.46. The molecule has 0 amide bonds. The van der Waals surface area contributed by atoms with Gasteiger partial charge in [-0.15, -0.1) is 0 Å². The van der Waals surface area contributed by atoms with Gasteiger partial charge in [-0.1, -0.05) is 31.0 Å². The van der Waals surface area contributed by atoms with Gasteiger partial charge in [0.2, 0.25) is 6.71 Å². The lowest BCUT2D eigenvalue weighted by molar-refractivity contribution is 0.776. The minimum Gasteiger partial charge on any atom is -0.388 e. The number of nitrogens with one attached hydrogen (secondary N) is 1.